The molecule has 4 nitrogen and oxygen atoms in total. The number of aryl methyl sites for hydroxylation is 1. The first-order valence-corrected chi connectivity index (χ1v) is 7.76. The number of aromatic nitrogens is 4. The zero-order chi connectivity index (χ0) is 15.5. The molecule has 0 bridgehead atoms. The summed E-state index contributed by atoms with van der Waals surface area (Å²) in [5.41, 5.74) is 3.46. The first-order chi connectivity index (χ1) is 11.4. The molecule has 0 unspecified atom stereocenters. The van der Waals surface area contributed by atoms with Crippen LogP contribution in [0.3, 0.4) is 0 Å². The molecule has 4 aromatic rings. The van der Waals surface area contributed by atoms with Crippen molar-refractivity contribution in [3.63, 3.8) is 0 Å². The molecule has 0 spiro atoms. The molecule has 4 heteroatoms. The monoisotopic (exact) mass is 301 g/mol. The lowest BCUT2D eigenvalue weighted by Gasteiger charge is -1.98. The quantitative estimate of drug-likeness (QED) is 0.582. The largest absolute Gasteiger partial charge is 0.360 e. The summed E-state index contributed by atoms with van der Waals surface area (Å²) in [6.07, 6.45) is 6.00. The van der Waals surface area contributed by atoms with Crippen LogP contribution in [0.2, 0.25) is 0 Å². The van der Waals surface area contributed by atoms with Crippen LogP contribution in [0, 0.1) is 6.42 Å². The molecule has 0 fully saturated rings. The maximum atomic E-state index is 4.59. The van der Waals surface area contributed by atoms with Gasteiger partial charge in [-0.05, 0) is 24.5 Å². The maximum absolute atomic E-state index is 4.59. The minimum atomic E-state index is 0.730. The van der Waals surface area contributed by atoms with Crippen LogP contribution < -0.4 is 0 Å². The number of H-pyrrole nitrogens is 2. The van der Waals surface area contributed by atoms with Crippen molar-refractivity contribution in [1.29, 1.82) is 0 Å². The van der Waals surface area contributed by atoms with E-state index in [0.717, 1.165) is 41.0 Å². The lowest BCUT2D eigenvalue weighted by molar-refractivity contribution is 0.910. The van der Waals surface area contributed by atoms with E-state index in [0.29, 0.717) is 0 Å². The number of benzene rings is 2. The predicted octanol–water partition coefficient (Wildman–Crippen LogP) is 4.14. The van der Waals surface area contributed by atoms with Crippen LogP contribution in [0.5, 0.6) is 0 Å². The van der Waals surface area contributed by atoms with Gasteiger partial charge in [0.25, 0.3) is 0 Å². The summed E-state index contributed by atoms with van der Waals surface area (Å²) in [4.78, 5) is 7.85. The van der Waals surface area contributed by atoms with Crippen LogP contribution in [0.25, 0.3) is 22.3 Å². The van der Waals surface area contributed by atoms with Crippen LogP contribution >= 0.6 is 0 Å². The van der Waals surface area contributed by atoms with Crippen LogP contribution in [0.4, 0.5) is 0 Å². The molecule has 2 aromatic heterocycles. The molecule has 2 heterocycles. The van der Waals surface area contributed by atoms with Crippen molar-refractivity contribution in [2.75, 3.05) is 0 Å². The summed E-state index contributed by atoms with van der Waals surface area (Å²) in [6.45, 7) is 0. The highest BCUT2D eigenvalue weighted by molar-refractivity contribution is 5.93. The molecule has 2 N–H and O–H groups in total. The van der Waals surface area contributed by atoms with Crippen molar-refractivity contribution in [3.05, 3.63) is 78.6 Å². The van der Waals surface area contributed by atoms with E-state index in [1.807, 2.05) is 24.4 Å². The Morgan fingerprint density at radius 3 is 2.70 bits per heavy atom. The standard InChI is InChI=1S/C19H17N4/c1-2-7-14(8-3-1)9-6-12-18-21-19(23-22-18)16-13-20-17-11-5-4-10-15(16)17/h1-5,7-8,10-13,20H,6,9H2,(H,21,22,23). The molecule has 113 valence electrons. The first kappa shape index (κ1) is 13.8. The number of aromatic amines is 2. The second-order valence-corrected chi connectivity index (χ2v) is 5.52. The highest BCUT2D eigenvalue weighted by Crippen LogP contribution is 2.25. The van der Waals surface area contributed by atoms with Crippen LogP contribution in [-0.2, 0) is 6.42 Å². The van der Waals surface area contributed by atoms with Crippen molar-refractivity contribution in [2.24, 2.45) is 0 Å². The molecule has 23 heavy (non-hydrogen) atoms. The van der Waals surface area contributed by atoms with E-state index in [9.17, 15) is 0 Å². The van der Waals surface area contributed by atoms with Crippen molar-refractivity contribution in [1.82, 2.24) is 20.2 Å². The fourth-order valence-electron chi connectivity index (χ4n) is 2.76. The second kappa shape index (κ2) is 6.08. The maximum Gasteiger partial charge on any atom is 0.183 e. The number of nitrogens with zero attached hydrogens (tertiary/aromatic N) is 2. The summed E-state index contributed by atoms with van der Waals surface area (Å²) >= 11 is 0. The molecule has 0 saturated carbocycles. The van der Waals surface area contributed by atoms with Crippen LogP contribution in [0.1, 0.15) is 17.8 Å². The minimum Gasteiger partial charge on any atom is -0.360 e. The number of fused-ring (bicyclic) bond motifs is 1. The van der Waals surface area contributed by atoms with E-state index in [1.165, 1.54) is 5.56 Å². The smallest absolute Gasteiger partial charge is 0.183 e. The van der Waals surface area contributed by atoms with Gasteiger partial charge in [0.15, 0.2) is 5.82 Å². The second-order valence-electron chi connectivity index (χ2n) is 5.52. The number of nitrogens with one attached hydrogen (secondary N) is 2. The topological polar surface area (TPSA) is 57.4 Å². The fourth-order valence-corrected chi connectivity index (χ4v) is 2.76. The fraction of sp³-hybridized carbons (Fsp3) is 0.105. The molecule has 0 saturated heterocycles. The third kappa shape index (κ3) is 2.88. The van der Waals surface area contributed by atoms with E-state index in [2.05, 4.69) is 63.0 Å². The highest BCUT2D eigenvalue weighted by atomic mass is 15.2. The van der Waals surface area contributed by atoms with Crippen molar-refractivity contribution in [2.45, 2.75) is 12.8 Å². The Morgan fingerprint density at radius 2 is 1.78 bits per heavy atom. The van der Waals surface area contributed by atoms with Gasteiger partial charge in [0.2, 0.25) is 0 Å². The summed E-state index contributed by atoms with van der Waals surface area (Å²) in [5, 5.41) is 8.50. The van der Waals surface area contributed by atoms with Crippen LogP contribution in [0.15, 0.2) is 60.8 Å². The molecule has 0 aliphatic carbocycles. The lowest BCUT2D eigenvalue weighted by Crippen LogP contribution is -1.89. The normalized spacial score (nSPS) is 11.1. The number of para-hydroxylation sites is 1. The molecule has 1 radical (unpaired) electrons. The summed E-state index contributed by atoms with van der Waals surface area (Å²) in [7, 11) is 0. The summed E-state index contributed by atoms with van der Waals surface area (Å²) in [6, 6.07) is 18.6. The third-order valence-electron chi connectivity index (χ3n) is 3.95. The number of hydrogen-bond donors (Lipinski definition) is 2. The van der Waals surface area contributed by atoms with E-state index in [-0.39, 0.29) is 0 Å². The van der Waals surface area contributed by atoms with Gasteiger partial charge >= 0.3 is 0 Å². The SMILES string of the molecule is [CH](CCc1ccccc1)c1nc(-c2c[nH]c3ccccc23)n[nH]1. The molecule has 0 aliphatic heterocycles. The first-order valence-electron chi connectivity index (χ1n) is 7.76. The Balaban J connectivity index is 1.47. The number of rotatable bonds is 5. The van der Waals surface area contributed by atoms with Crippen LogP contribution in [-0.4, -0.2) is 20.2 Å². The van der Waals surface area contributed by atoms with Gasteiger partial charge in [-0.1, -0.05) is 48.5 Å². The van der Waals surface area contributed by atoms with E-state index in [4.69, 9.17) is 0 Å². The average molecular weight is 301 g/mol. The van der Waals surface area contributed by atoms with E-state index < -0.39 is 0 Å². The van der Waals surface area contributed by atoms with Gasteiger partial charge < -0.3 is 4.98 Å². The zero-order valence-corrected chi connectivity index (χ0v) is 12.7. The zero-order valence-electron chi connectivity index (χ0n) is 12.7. The lowest BCUT2D eigenvalue weighted by atomic mass is 10.1. The molecule has 0 atom stereocenters. The van der Waals surface area contributed by atoms with Gasteiger partial charge in [-0.3, -0.25) is 5.10 Å². The van der Waals surface area contributed by atoms with E-state index >= 15 is 0 Å². The minimum absolute atomic E-state index is 0.730. The summed E-state index contributed by atoms with van der Waals surface area (Å²) in [5.74, 6) is 1.55. The average Bonchev–Trinajstić information content (AvgIpc) is 3.22. The highest BCUT2D eigenvalue weighted by Gasteiger charge is 2.10. The summed E-state index contributed by atoms with van der Waals surface area (Å²) < 4.78 is 0. The van der Waals surface area contributed by atoms with Gasteiger partial charge in [-0.15, -0.1) is 0 Å². The Bertz CT molecular complexity index is 905. The molecular weight excluding hydrogens is 284 g/mol. The van der Waals surface area contributed by atoms with Crippen molar-refractivity contribution >= 4 is 10.9 Å². The predicted molar refractivity (Wildman–Crippen MR) is 91.8 cm³/mol. The van der Waals surface area contributed by atoms with Gasteiger partial charge in [-0.25, -0.2) is 4.98 Å². The molecule has 0 aliphatic rings. The Morgan fingerprint density at radius 1 is 0.957 bits per heavy atom. The molecule has 2 aromatic carbocycles. The molecule has 0 amide bonds. The van der Waals surface area contributed by atoms with E-state index in [1.54, 1.807) is 0 Å². The van der Waals surface area contributed by atoms with Gasteiger partial charge in [0.05, 0.1) is 0 Å². The molecule has 4 rings (SSSR count). The number of hydrogen-bond acceptors (Lipinski definition) is 2. The van der Waals surface area contributed by atoms with Gasteiger partial charge in [0, 0.05) is 29.1 Å². The van der Waals surface area contributed by atoms with Gasteiger partial charge in [-0.2, -0.15) is 5.10 Å². The Kier molecular flexibility index (Phi) is 3.64. The van der Waals surface area contributed by atoms with Crippen molar-refractivity contribution in [3.8, 4) is 11.4 Å². The Labute approximate surface area is 134 Å². The Hall–Kier alpha value is -2.88. The van der Waals surface area contributed by atoms with Crippen molar-refractivity contribution < 1.29 is 0 Å². The van der Waals surface area contributed by atoms with Gasteiger partial charge in [0.1, 0.15) is 5.82 Å². The third-order valence-corrected chi connectivity index (χ3v) is 3.95. The molecular formula is C19H17N4.